The van der Waals surface area contributed by atoms with E-state index in [4.69, 9.17) is 0 Å². The number of hydrogen-bond acceptors (Lipinski definition) is 3. The van der Waals surface area contributed by atoms with Gasteiger partial charge in [-0.2, -0.15) is 5.10 Å². The molecule has 0 amide bonds. The first-order valence-corrected chi connectivity index (χ1v) is 7.26. The molecule has 2 rings (SSSR count). The van der Waals surface area contributed by atoms with Gasteiger partial charge in [0.05, 0.1) is 12.6 Å². The fourth-order valence-corrected chi connectivity index (χ4v) is 2.68. The standard InChI is InChI=1S/C14H26N4/c1-11(2)8-15-9-14-16-10-18(17-14)13-6-4-5-12(3)7-13/h10-13,15H,4-9H2,1-3H3. The van der Waals surface area contributed by atoms with E-state index >= 15 is 0 Å². The maximum atomic E-state index is 4.61. The molecule has 2 unspecified atom stereocenters. The van der Waals surface area contributed by atoms with E-state index in [0.717, 1.165) is 24.8 Å². The minimum atomic E-state index is 0.570. The van der Waals surface area contributed by atoms with Gasteiger partial charge >= 0.3 is 0 Å². The third-order valence-corrected chi connectivity index (χ3v) is 3.67. The van der Waals surface area contributed by atoms with Crippen LogP contribution in [-0.2, 0) is 6.54 Å². The Morgan fingerprint density at radius 2 is 2.28 bits per heavy atom. The SMILES string of the molecule is CC(C)CNCc1ncn(C2CCCC(C)C2)n1. The summed E-state index contributed by atoms with van der Waals surface area (Å²) in [4.78, 5) is 4.40. The van der Waals surface area contributed by atoms with Crippen molar-refractivity contribution in [2.24, 2.45) is 11.8 Å². The molecule has 1 heterocycles. The van der Waals surface area contributed by atoms with Gasteiger partial charge in [0.25, 0.3) is 0 Å². The van der Waals surface area contributed by atoms with Crippen LogP contribution in [0.15, 0.2) is 6.33 Å². The van der Waals surface area contributed by atoms with Crippen molar-refractivity contribution in [1.29, 1.82) is 0 Å². The van der Waals surface area contributed by atoms with Gasteiger partial charge < -0.3 is 5.32 Å². The van der Waals surface area contributed by atoms with Crippen molar-refractivity contribution in [3.8, 4) is 0 Å². The van der Waals surface area contributed by atoms with E-state index in [1.807, 2.05) is 6.33 Å². The number of rotatable bonds is 5. The minimum absolute atomic E-state index is 0.570. The minimum Gasteiger partial charge on any atom is -0.310 e. The fraction of sp³-hybridized carbons (Fsp3) is 0.857. The molecule has 2 atom stereocenters. The van der Waals surface area contributed by atoms with Crippen LogP contribution in [0.3, 0.4) is 0 Å². The molecular weight excluding hydrogens is 224 g/mol. The molecule has 102 valence electrons. The lowest BCUT2D eigenvalue weighted by molar-refractivity contribution is 0.265. The molecule has 4 nitrogen and oxygen atoms in total. The zero-order chi connectivity index (χ0) is 13.0. The van der Waals surface area contributed by atoms with Crippen LogP contribution in [0.4, 0.5) is 0 Å². The van der Waals surface area contributed by atoms with Crippen LogP contribution in [-0.4, -0.2) is 21.3 Å². The van der Waals surface area contributed by atoms with Gasteiger partial charge in [0.1, 0.15) is 6.33 Å². The molecule has 1 aromatic rings. The third-order valence-electron chi connectivity index (χ3n) is 3.67. The molecule has 0 bridgehead atoms. The van der Waals surface area contributed by atoms with Crippen molar-refractivity contribution < 1.29 is 0 Å². The van der Waals surface area contributed by atoms with Crippen molar-refractivity contribution in [2.75, 3.05) is 6.54 Å². The first-order chi connectivity index (χ1) is 8.65. The second kappa shape index (κ2) is 6.32. The number of hydrogen-bond donors (Lipinski definition) is 1. The molecule has 0 saturated heterocycles. The van der Waals surface area contributed by atoms with Crippen molar-refractivity contribution in [1.82, 2.24) is 20.1 Å². The van der Waals surface area contributed by atoms with Gasteiger partial charge in [-0.3, -0.25) is 0 Å². The number of nitrogens with one attached hydrogen (secondary N) is 1. The molecule has 4 heteroatoms. The van der Waals surface area contributed by atoms with Crippen LogP contribution in [0.5, 0.6) is 0 Å². The van der Waals surface area contributed by atoms with Crippen LogP contribution in [0, 0.1) is 11.8 Å². The molecule has 0 spiro atoms. The highest BCUT2D eigenvalue weighted by Gasteiger charge is 2.21. The van der Waals surface area contributed by atoms with Crippen molar-refractivity contribution in [3.63, 3.8) is 0 Å². The second-order valence-corrected chi connectivity index (χ2v) is 6.09. The van der Waals surface area contributed by atoms with Gasteiger partial charge in [0, 0.05) is 0 Å². The smallest absolute Gasteiger partial charge is 0.164 e. The highest BCUT2D eigenvalue weighted by atomic mass is 15.3. The Labute approximate surface area is 110 Å². The molecule has 18 heavy (non-hydrogen) atoms. The first kappa shape index (κ1) is 13.5. The van der Waals surface area contributed by atoms with E-state index in [9.17, 15) is 0 Å². The highest BCUT2D eigenvalue weighted by molar-refractivity contribution is 4.84. The maximum absolute atomic E-state index is 4.61. The van der Waals surface area contributed by atoms with E-state index in [2.05, 4.69) is 40.9 Å². The zero-order valence-corrected chi connectivity index (χ0v) is 11.9. The summed E-state index contributed by atoms with van der Waals surface area (Å²) in [5, 5.41) is 8.00. The van der Waals surface area contributed by atoms with Crippen LogP contribution in [0.1, 0.15) is 58.3 Å². The van der Waals surface area contributed by atoms with Gasteiger partial charge in [-0.05, 0) is 31.2 Å². The average Bonchev–Trinajstić information content (AvgIpc) is 2.77. The lowest BCUT2D eigenvalue weighted by atomic mass is 9.87. The predicted octanol–water partition coefficient (Wildman–Crippen LogP) is 2.77. The molecule has 0 radical (unpaired) electrons. The van der Waals surface area contributed by atoms with Crippen molar-refractivity contribution in [2.45, 2.75) is 59.0 Å². The van der Waals surface area contributed by atoms with E-state index in [1.54, 1.807) is 0 Å². The lowest BCUT2D eigenvalue weighted by Gasteiger charge is -2.26. The normalized spacial score (nSPS) is 24.7. The monoisotopic (exact) mass is 250 g/mol. The Morgan fingerprint density at radius 1 is 1.44 bits per heavy atom. The summed E-state index contributed by atoms with van der Waals surface area (Å²) in [6.45, 7) is 8.57. The molecule has 0 aromatic carbocycles. The maximum Gasteiger partial charge on any atom is 0.164 e. The van der Waals surface area contributed by atoms with Crippen LogP contribution >= 0.6 is 0 Å². The van der Waals surface area contributed by atoms with Gasteiger partial charge in [0.15, 0.2) is 5.82 Å². The third kappa shape index (κ3) is 3.80. The topological polar surface area (TPSA) is 42.7 Å². The summed E-state index contributed by atoms with van der Waals surface area (Å²) in [6.07, 6.45) is 7.12. The molecular formula is C14H26N4. The molecule has 1 N–H and O–H groups in total. The second-order valence-electron chi connectivity index (χ2n) is 6.09. The number of aromatic nitrogens is 3. The van der Waals surface area contributed by atoms with Crippen LogP contribution < -0.4 is 5.32 Å². The Morgan fingerprint density at radius 3 is 3.00 bits per heavy atom. The Balaban J connectivity index is 1.85. The Hall–Kier alpha value is -0.900. The van der Waals surface area contributed by atoms with E-state index in [-0.39, 0.29) is 0 Å². The largest absolute Gasteiger partial charge is 0.310 e. The summed E-state index contributed by atoms with van der Waals surface area (Å²) in [6, 6.07) is 0.570. The lowest BCUT2D eigenvalue weighted by Crippen LogP contribution is -2.21. The Kier molecular flexibility index (Phi) is 4.75. The average molecular weight is 250 g/mol. The quantitative estimate of drug-likeness (QED) is 0.874. The molecule has 1 aliphatic carbocycles. The van der Waals surface area contributed by atoms with Gasteiger partial charge in [-0.25, -0.2) is 9.67 Å². The van der Waals surface area contributed by atoms with E-state index < -0.39 is 0 Å². The van der Waals surface area contributed by atoms with Gasteiger partial charge in [-0.1, -0.05) is 33.6 Å². The highest BCUT2D eigenvalue weighted by Crippen LogP contribution is 2.31. The van der Waals surface area contributed by atoms with Crippen molar-refractivity contribution >= 4 is 0 Å². The van der Waals surface area contributed by atoms with E-state index in [1.165, 1.54) is 25.7 Å². The summed E-state index contributed by atoms with van der Waals surface area (Å²) < 4.78 is 2.09. The van der Waals surface area contributed by atoms with E-state index in [0.29, 0.717) is 12.0 Å². The fourth-order valence-electron chi connectivity index (χ4n) is 2.68. The molecule has 1 saturated carbocycles. The molecule has 1 aliphatic rings. The van der Waals surface area contributed by atoms with Crippen molar-refractivity contribution in [3.05, 3.63) is 12.2 Å². The summed E-state index contributed by atoms with van der Waals surface area (Å²) in [7, 11) is 0. The van der Waals surface area contributed by atoms with Crippen LogP contribution in [0.25, 0.3) is 0 Å². The summed E-state index contributed by atoms with van der Waals surface area (Å²) in [5.74, 6) is 2.43. The molecule has 1 aromatic heterocycles. The van der Waals surface area contributed by atoms with Crippen LogP contribution in [0.2, 0.25) is 0 Å². The zero-order valence-electron chi connectivity index (χ0n) is 11.9. The first-order valence-electron chi connectivity index (χ1n) is 7.26. The summed E-state index contributed by atoms with van der Waals surface area (Å²) >= 11 is 0. The predicted molar refractivity (Wildman–Crippen MR) is 73.2 cm³/mol. The molecule has 0 aliphatic heterocycles. The van der Waals surface area contributed by atoms with Gasteiger partial charge in [-0.15, -0.1) is 0 Å². The van der Waals surface area contributed by atoms with Gasteiger partial charge in [0.2, 0.25) is 0 Å². The molecule has 1 fully saturated rings. The Bertz CT molecular complexity index is 358. The number of nitrogens with zero attached hydrogens (tertiary/aromatic N) is 3. The summed E-state index contributed by atoms with van der Waals surface area (Å²) in [5.41, 5.74) is 0.